The van der Waals surface area contributed by atoms with Crippen molar-refractivity contribution in [3.05, 3.63) is 69.9 Å². The maximum Gasteiger partial charge on any atom is 0.306 e. The van der Waals surface area contributed by atoms with Gasteiger partial charge in [-0.25, -0.2) is 0 Å². The molecule has 1 amide bonds. The molecule has 5 rings (SSSR count). The number of carboxylic acids is 1. The molecule has 0 unspecified atom stereocenters. The first-order valence-electron chi connectivity index (χ1n) is 10.7. The topological polar surface area (TPSA) is 113 Å². The monoisotopic (exact) mass is 467 g/mol. The van der Waals surface area contributed by atoms with E-state index in [1.807, 2.05) is 32.2 Å². The molecule has 9 heteroatoms. The number of aryl methyl sites for hydroxylation is 2. The lowest BCUT2D eigenvalue weighted by atomic mass is 10.1. The highest BCUT2D eigenvalue weighted by atomic mass is 35.5. The number of aliphatic carboxylic acids is 1. The van der Waals surface area contributed by atoms with Crippen LogP contribution < -0.4 is 16.0 Å². The van der Waals surface area contributed by atoms with E-state index in [0.717, 1.165) is 46.7 Å². The largest absolute Gasteiger partial charge is 0.481 e. The van der Waals surface area contributed by atoms with Gasteiger partial charge in [-0.05, 0) is 55.2 Å². The number of nitrogens with zero attached hydrogens (tertiary/aromatic N) is 3. The van der Waals surface area contributed by atoms with Crippen LogP contribution in [0, 0.1) is 12.8 Å². The van der Waals surface area contributed by atoms with Gasteiger partial charge in [-0.3, -0.25) is 14.3 Å². The Morgan fingerprint density at radius 2 is 2.00 bits per heavy atom. The Balaban J connectivity index is 0.000000376. The van der Waals surface area contributed by atoms with Gasteiger partial charge in [0, 0.05) is 29.7 Å². The minimum atomic E-state index is -0.630. The number of rotatable bonds is 3. The third-order valence-electron chi connectivity index (χ3n) is 5.73. The average Bonchev–Trinajstić information content (AvgIpc) is 3.60. The number of carbonyl (C=O) groups excluding carboxylic acids is 1. The summed E-state index contributed by atoms with van der Waals surface area (Å²) in [6.07, 6.45) is 3.58. The van der Waals surface area contributed by atoms with Crippen LogP contribution in [0.5, 0.6) is 0 Å². The van der Waals surface area contributed by atoms with Gasteiger partial charge in [-0.1, -0.05) is 23.7 Å². The quantitative estimate of drug-likeness (QED) is 0.531. The van der Waals surface area contributed by atoms with Crippen LogP contribution in [-0.2, 0) is 24.9 Å². The Hall–Kier alpha value is -3.36. The summed E-state index contributed by atoms with van der Waals surface area (Å²) < 4.78 is 1.78. The van der Waals surface area contributed by atoms with Gasteiger partial charge in [-0.2, -0.15) is 5.10 Å². The van der Waals surface area contributed by atoms with E-state index in [1.165, 1.54) is 0 Å². The average molecular weight is 468 g/mol. The van der Waals surface area contributed by atoms with E-state index >= 15 is 0 Å². The van der Waals surface area contributed by atoms with E-state index in [2.05, 4.69) is 10.4 Å². The van der Waals surface area contributed by atoms with Crippen molar-refractivity contribution >= 4 is 40.7 Å². The van der Waals surface area contributed by atoms with Gasteiger partial charge < -0.3 is 21.1 Å². The lowest BCUT2D eigenvalue weighted by Crippen LogP contribution is -2.30. The van der Waals surface area contributed by atoms with Crippen molar-refractivity contribution in [2.75, 3.05) is 10.2 Å². The fourth-order valence-electron chi connectivity index (χ4n) is 3.64. The molecule has 2 aliphatic rings. The number of hydrogen-bond donors (Lipinski definition) is 3. The number of nitrogens with two attached hydrogens (primary N) is 1. The van der Waals surface area contributed by atoms with Crippen molar-refractivity contribution in [2.45, 2.75) is 32.9 Å². The number of fused-ring (bicyclic) bond motifs is 2. The van der Waals surface area contributed by atoms with Crippen LogP contribution in [0.2, 0.25) is 5.02 Å². The molecule has 33 heavy (non-hydrogen) atoms. The van der Waals surface area contributed by atoms with E-state index in [9.17, 15) is 9.59 Å². The molecule has 4 N–H and O–H groups in total. The summed E-state index contributed by atoms with van der Waals surface area (Å²) in [7, 11) is 1.88. The Bertz CT molecular complexity index is 1220. The van der Waals surface area contributed by atoms with Crippen LogP contribution in [0.3, 0.4) is 0 Å². The second-order valence-corrected chi connectivity index (χ2v) is 8.71. The fraction of sp³-hybridized carbons (Fsp3) is 0.292. The van der Waals surface area contributed by atoms with Gasteiger partial charge in [-0.15, -0.1) is 0 Å². The molecule has 0 saturated heterocycles. The molecule has 2 heterocycles. The number of hydrogen-bond acceptors (Lipinski definition) is 5. The van der Waals surface area contributed by atoms with E-state index in [1.54, 1.807) is 34.0 Å². The Kier molecular flexibility index (Phi) is 6.40. The molecule has 0 radical (unpaired) electrons. The lowest BCUT2D eigenvalue weighted by molar-refractivity contribution is -0.138. The molecule has 0 bridgehead atoms. The highest BCUT2D eigenvalue weighted by Crippen LogP contribution is 2.37. The first-order chi connectivity index (χ1) is 15.8. The molecule has 1 aliphatic carbocycles. The Morgan fingerprint density at radius 1 is 1.24 bits per heavy atom. The predicted molar refractivity (Wildman–Crippen MR) is 128 cm³/mol. The molecule has 8 nitrogen and oxygen atoms in total. The van der Waals surface area contributed by atoms with Crippen LogP contribution in [0.1, 0.15) is 39.9 Å². The molecule has 0 atom stereocenters. The van der Waals surface area contributed by atoms with E-state index in [-0.39, 0.29) is 11.8 Å². The zero-order valence-corrected chi connectivity index (χ0v) is 19.3. The second kappa shape index (κ2) is 9.25. The van der Waals surface area contributed by atoms with Crippen LogP contribution in [0.25, 0.3) is 0 Å². The number of carbonyl (C=O) groups is 2. The first kappa shape index (κ1) is 22.8. The second-order valence-electron chi connectivity index (χ2n) is 8.30. The van der Waals surface area contributed by atoms with E-state index < -0.39 is 5.97 Å². The predicted octanol–water partition coefficient (Wildman–Crippen LogP) is 4.23. The highest BCUT2D eigenvalue weighted by Gasteiger charge is 2.29. The van der Waals surface area contributed by atoms with Crippen LogP contribution in [0.15, 0.2) is 42.6 Å². The van der Waals surface area contributed by atoms with Crippen LogP contribution in [0.4, 0.5) is 17.2 Å². The minimum absolute atomic E-state index is 0.0185. The molecule has 3 aromatic rings. The van der Waals surface area contributed by atoms with Gasteiger partial charge in [0.25, 0.3) is 5.91 Å². The third-order valence-corrected chi connectivity index (χ3v) is 6.08. The summed E-state index contributed by atoms with van der Waals surface area (Å²) in [5.74, 6) is 0.151. The summed E-state index contributed by atoms with van der Waals surface area (Å²) in [6.45, 7) is 2.78. The van der Waals surface area contributed by atoms with Crippen molar-refractivity contribution in [1.29, 1.82) is 0 Å². The fourth-order valence-corrected chi connectivity index (χ4v) is 3.90. The molecule has 2 aromatic carbocycles. The SMILES string of the molecule is Cc1ccc2c(c1)Nc1c(cnn1C)CN2C(=O)c1ccc(CN)c(Cl)c1.O=C(O)C1CC1. The first-order valence-corrected chi connectivity index (χ1v) is 11.1. The van der Waals surface area contributed by atoms with Crippen molar-refractivity contribution in [3.8, 4) is 0 Å². The third kappa shape index (κ3) is 4.86. The number of carboxylic acid groups (broad SMARTS) is 1. The van der Waals surface area contributed by atoms with Crippen molar-refractivity contribution in [1.82, 2.24) is 9.78 Å². The van der Waals surface area contributed by atoms with Gasteiger partial charge in [0.15, 0.2) is 0 Å². The zero-order valence-electron chi connectivity index (χ0n) is 18.5. The number of halogens is 1. The smallest absolute Gasteiger partial charge is 0.306 e. The van der Waals surface area contributed by atoms with Gasteiger partial charge >= 0.3 is 5.97 Å². The van der Waals surface area contributed by atoms with Gasteiger partial charge in [0.1, 0.15) is 5.82 Å². The maximum absolute atomic E-state index is 13.3. The molecular formula is C24H26ClN5O3. The summed E-state index contributed by atoms with van der Waals surface area (Å²) in [5, 5.41) is 16.3. The molecule has 1 saturated carbocycles. The lowest BCUT2D eigenvalue weighted by Gasteiger charge is -2.23. The minimum Gasteiger partial charge on any atom is -0.481 e. The number of benzene rings is 2. The number of anilines is 3. The number of aromatic nitrogens is 2. The summed E-state index contributed by atoms with van der Waals surface area (Å²) >= 11 is 6.27. The molecule has 0 spiro atoms. The summed E-state index contributed by atoms with van der Waals surface area (Å²) in [6, 6.07) is 11.2. The number of amides is 1. The van der Waals surface area contributed by atoms with Crippen LogP contribution in [-0.4, -0.2) is 26.8 Å². The Morgan fingerprint density at radius 3 is 2.61 bits per heavy atom. The zero-order chi connectivity index (χ0) is 23.7. The Labute approximate surface area is 197 Å². The number of nitrogens with one attached hydrogen (secondary N) is 1. The summed E-state index contributed by atoms with van der Waals surface area (Å²) in [5.41, 5.74) is 10.8. The van der Waals surface area contributed by atoms with Crippen molar-refractivity contribution in [2.24, 2.45) is 18.7 Å². The highest BCUT2D eigenvalue weighted by molar-refractivity contribution is 6.31. The summed E-state index contributed by atoms with van der Waals surface area (Å²) in [4.78, 5) is 24.9. The maximum atomic E-state index is 13.3. The van der Waals surface area contributed by atoms with Gasteiger partial charge in [0.05, 0.1) is 30.0 Å². The van der Waals surface area contributed by atoms with Gasteiger partial charge in [0.2, 0.25) is 0 Å². The molecule has 1 aliphatic heterocycles. The van der Waals surface area contributed by atoms with Crippen molar-refractivity contribution < 1.29 is 14.7 Å². The molecule has 1 aromatic heterocycles. The molecular weight excluding hydrogens is 442 g/mol. The van der Waals surface area contributed by atoms with E-state index in [0.29, 0.717) is 23.7 Å². The normalized spacial score (nSPS) is 14.2. The standard InChI is InChI=1S/C20H20ClN5O.C4H6O2/c1-12-3-6-18-17(7-12)24-19-15(10-23-25(19)2)11-26(18)20(27)13-4-5-14(9-22)16(21)8-13;5-4(6)3-1-2-3/h3-8,10,24H,9,11,22H2,1-2H3;3H,1-2H2,(H,5,6). The van der Waals surface area contributed by atoms with E-state index in [4.69, 9.17) is 22.4 Å². The molecule has 172 valence electrons. The molecule has 1 fully saturated rings. The van der Waals surface area contributed by atoms with Crippen LogP contribution >= 0.6 is 11.6 Å². The van der Waals surface area contributed by atoms with Crippen molar-refractivity contribution in [3.63, 3.8) is 0 Å².